The van der Waals surface area contributed by atoms with Crippen molar-refractivity contribution in [3.05, 3.63) is 564 Å². The summed E-state index contributed by atoms with van der Waals surface area (Å²) in [6.45, 7) is 0. The molecule has 0 atom stereocenters. The maximum atomic E-state index is 6.37. The summed E-state index contributed by atoms with van der Waals surface area (Å²) in [5.74, 6) is 0. The van der Waals surface area contributed by atoms with E-state index in [0.29, 0.717) is 0 Å². The lowest BCUT2D eigenvalue weighted by atomic mass is 10.00. The Morgan fingerprint density at radius 2 is 0.438 bits per heavy atom. The van der Waals surface area contributed by atoms with Gasteiger partial charge >= 0.3 is 0 Å². The lowest BCUT2D eigenvalue weighted by Gasteiger charge is -2.30. The van der Waals surface area contributed by atoms with Gasteiger partial charge in [-0.05, 0) is 282 Å². The molecule has 0 aliphatic rings. The topological polar surface area (TPSA) is 35.8 Å². The van der Waals surface area contributed by atoms with Crippen molar-refractivity contribution in [3.63, 3.8) is 0 Å². The SMILES string of the molecule is c1ccc(N(c2ccc(-c3cccc4c3sc3ccc(N(c5cccc(N(c6ccccc6)c6cccc7ccccc67)c5)c5cccc6ccccc56)cc34)cc2)c2ccc3c(c2)oc2ccccc23)cc1.c1ccc(N(c2ccccc2)c2cccc(N(c3ccccc3)c3ccc4c(c3)sc3ccc(-c5cc(N(c6ccccc6)c6ccccc6)cc(N(c6ccccc6)c6ccccc6)c5)cc34)c2)cc1. The van der Waals surface area contributed by atoms with Gasteiger partial charge in [-0.25, -0.2) is 0 Å². The number of hydrogen-bond donors (Lipinski definition) is 0. The largest absolute Gasteiger partial charge is 0.456 e. The molecule has 144 heavy (non-hydrogen) atoms. The summed E-state index contributed by atoms with van der Waals surface area (Å²) in [7, 11) is 0. The van der Waals surface area contributed by atoms with Crippen LogP contribution in [0.1, 0.15) is 0 Å². The predicted molar refractivity (Wildman–Crippen MR) is 615 cm³/mol. The van der Waals surface area contributed by atoms with Crippen LogP contribution in [0.5, 0.6) is 0 Å². The molecule has 0 radical (unpaired) electrons. The van der Waals surface area contributed by atoms with Gasteiger partial charge < -0.3 is 38.7 Å². The average molecular weight is 1880 g/mol. The van der Waals surface area contributed by atoms with Crippen LogP contribution in [-0.2, 0) is 0 Å². The van der Waals surface area contributed by atoms with Gasteiger partial charge in [-0.3, -0.25) is 0 Å². The number of rotatable bonds is 23. The van der Waals surface area contributed by atoms with Crippen LogP contribution in [0.2, 0.25) is 0 Å². The zero-order valence-electron chi connectivity index (χ0n) is 78.5. The molecule has 0 spiro atoms. The molecule has 26 aromatic rings. The third-order valence-electron chi connectivity index (χ3n) is 27.1. The van der Waals surface area contributed by atoms with E-state index in [0.717, 1.165) is 153 Å². The van der Waals surface area contributed by atoms with Crippen molar-refractivity contribution in [1.29, 1.82) is 0 Å². The molecule has 0 fully saturated rings. The van der Waals surface area contributed by atoms with E-state index >= 15 is 0 Å². The van der Waals surface area contributed by atoms with Gasteiger partial charge in [0.25, 0.3) is 0 Å². The van der Waals surface area contributed by atoms with E-state index in [1.807, 2.05) is 34.8 Å². The lowest BCUT2D eigenvalue weighted by Crippen LogP contribution is -2.13. The molecule has 3 heterocycles. The summed E-state index contributed by atoms with van der Waals surface area (Å²) >= 11 is 3.71. The van der Waals surface area contributed by atoms with E-state index in [9.17, 15) is 0 Å². The summed E-state index contributed by atoms with van der Waals surface area (Å²) in [5, 5.41) is 12.0. The Kier molecular flexibility index (Phi) is 23.3. The summed E-state index contributed by atoms with van der Waals surface area (Å²) in [5.41, 5.74) is 29.2. The van der Waals surface area contributed by atoms with Crippen molar-refractivity contribution in [3.8, 4) is 22.3 Å². The predicted octanol–water partition coefficient (Wildman–Crippen LogP) is 39.9. The average Bonchev–Trinajstić information content (AvgIpc) is 1.57. The van der Waals surface area contributed by atoms with Gasteiger partial charge in [0.2, 0.25) is 0 Å². The van der Waals surface area contributed by atoms with Crippen molar-refractivity contribution < 1.29 is 4.42 Å². The molecule has 3 aromatic heterocycles. The van der Waals surface area contributed by atoms with Crippen molar-refractivity contribution >= 4 is 226 Å². The number of anilines is 21. The number of hydrogen-bond acceptors (Lipinski definition) is 10. The molecule has 26 rings (SSSR count). The van der Waals surface area contributed by atoms with Crippen LogP contribution in [0.3, 0.4) is 0 Å². The molecule has 0 bridgehead atoms. The van der Waals surface area contributed by atoms with E-state index in [4.69, 9.17) is 4.42 Å². The van der Waals surface area contributed by atoms with E-state index in [1.54, 1.807) is 0 Å². The first-order chi connectivity index (χ1) is 71.4. The van der Waals surface area contributed by atoms with Crippen molar-refractivity contribution in [1.82, 2.24) is 0 Å². The fraction of sp³-hybridized carbons (Fsp3) is 0. The zero-order valence-corrected chi connectivity index (χ0v) is 80.2. The van der Waals surface area contributed by atoms with Gasteiger partial charge in [0, 0.05) is 176 Å². The van der Waals surface area contributed by atoms with E-state index in [1.165, 1.54) is 73.0 Å². The first-order valence-electron chi connectivity index (χ1n) is 48.7. The Morgan fingerprint density at radius 1 is 0.139 bits per heavy atom. The first kappa shape index (κ1) is 87.0. The molecule has 0 saturated heterocycles. The number of benzene rings is 23. The second-order valence-corrected chi connectivity index (χ2v) is 38.1. The van der Waals surface area contributed by atoms with Crippen LogP contribution in [0.4, 0.5) is 119 Å². The van der Waals surface area contributed by atoms with Crippen LogP contribution in [0, 0.1) is 0 Å². The van der Waals surface area contributed by atoms with Crippen LogP contribution in [0.25, 0.3) is 106 Å². The smallest absolute Gasteiger partial charge is 0.137 e. The second kappa shape index (κ2) is 38.7. The minimum atomic E-state index is 0.871. The highest BCUT2D eigenvalue weighted by Crippen LogP contribution is 2.52. The number of furan rings is 1. The fourth-order valence-electron chi connectivity index (χ4n) is 20.5. The normalized spacial score (nSPS) is 11.3. The van der Waals surface area contributed by atoms with Gasteiger partial charge in [0.05, 0.1) is 11.4 Å². The second-order valence-electron chi connectivity index (χ2n) is 35.9. The number of fused-ring (bicyclic) bond motifs is 11. The van der Waals surface area contributed by atoms with E-state index in [2.05, 4.69) is 586 Å². The van der Waals surface area contributed by atoms with E-state index < -0.39 is 0 Å². The molecule has 0 N–H and O–H groups in total. The fourth-order valence-corrected chi connectivity index (χ4v) is 22.9. The standard InChI is InChI=1S/C68H45N3OS.C66H48N4S/c1-3-21-49(22-4-1)69(55-39-41-60-59-29-11-12-34-65(59)72-66(60)45-55)51-37-35-48(36-38-51)58-30-16-31-61-62-44-54(40-42-67(62)73-68(58)61)71(64-33-14-20-47-18-8-10-28-57(47)64)53-26-15-25-52(43-53)70(50-23-5-2-6-24-50)63-32-13-19-46-17-7-9-27-56(46)63;1-8-23-51(24-9-1)67(52-25-10-2-11-26-52)58-37-22-38-59(46-58)70(57-35-20-7-21-36-57)60-40-41-63-64-45-49(39-42-65(64)71-66(63)48-60)50-43-61(68(53-27-12-3-13-28-53)54-29-14-4-15-30-54)47-62(44-50)69(55-31-16-5-17-32-55)56-33-18-6-19-34-56/h1-45H;1-48H. The molecule has 0 unspecified atom stereocenters. The summed E-state index contributed by atoms with van der Waals surface area (Å²) in [6.07, 6.45) is 0. The van der Waals surface area contributed by atoms with Gasteiger partial charge in [-0.15, -0.1) is 22.7 Å². The highest BCUT2D eigenvalue weighted by molar-refractivity contribution is 7.26. The molecule has 0 aliphatic heterocycles. The third-order valence-corrected chi connectivity index (χ3v) is 29.5. The Bertz CT molecular complexity index is 8880. The minimum absolute atomic E-state index is 0.871. The summed E-state index contributed by atoms with van der Waals surface area (Å²) in [6, 6.07) is 203. The molecule has 8 nitrogen and oxygen atoms in total. The zero-order chi connectivity index (χ0) is 95.6. The van der Waals surface area contributed by atoms with Gasteiger partial charge in [0.15, 0.2) is 0 Å². The highest BCUT2D eigenvalue weighted by atomic mass is 32.1. The van der Waals surface area contributed by atoms with Gasteiger partial charge in [0.1, 0.15) is 11.2 Å². The van der Waals surface area contributed by atoms with Gasteiger partial charge in [-0.2, -0.15) is 0 Å². The van der Waals surface area contributed by atoms with Crippen LogP contribution < -0.4 is 34.3 Å². The van der Waals surface area contributed by atoms with Crippen molar-refractivity contribution in [2.75, 3.05) is 34.3 Å². The number of thiophene rings is 2. The Labute approximate surface area is 844 Å². The Balaban J connectivity index is 0.000000151. The maximum absolute atomic E-state index is 6.37. The van der Waals surface area contributed by atoms with E-state index in [-0.39, 0.29) is 0 Å². The van der Waals surface area contributed by atoms with Crippen LogP contribution >= 0.6 is 22.7 Å². The minimum Gasteiger partial charge on any atom is -0.456 e. The number of nitrogens with zero attached hydrogens (tertiary/aromatic N) is 7. The Morgan fingerprint density at radius 3 is 0.924 bits per heavy atom. The summed E-state index contributed by atoms with van der Waals surface area (Å²) < 4.78 is 11.4. The first-order valence-corrected chi connectivity index (χ1v) is 50.4. The number of para-hydroxylation sites is 10. The third kappa shape index (κ3) is 16.9. The molecule has 682 valence electrons. The maximum Gasteiger partial charge on any atom is 0.137 e. The molecular formula is C134H93N7OS2. The monoisotopic (exact) mass is 1880 g/mol. The highest BCUT2D eigenvalue weighted by Gasteiger charge is 2.27. The van der Waals surface area contributed by atoms with Crippen molar-refractivity contribution in [2.45, 2.75) is 0 Å². The van der Waals surface area contributed by atoms with Crippen LogP contribution in [-0.4, -0.2) is 0 Å². The molecule has 23 aromatic carbocycles. The van der Waals surface area contributed by atoms with Crippen LogP contribution in [0.15, 0.2) is 569 Å². The van der Waals surface area contributed by atoms with Crippen molar-refractivity contribution in [2.24, 2.45) is 0 Å². The van der Waals surface area contributed by atoms with Gasteiger partial charge in [-0.1, -0.05) is 309 Å². The molecule has 0 saturated carbocycles. The molecular weight excluding hydrogens is 1790 g/mol. The molecule has 0 aliphatic carbocycles. The summed E-state index contributed by atoms with van der Waals surface area (Å²) in [4.78, 5) is 16.5. The molecule has 0 amide bonds. The quantitative estimate of drug-likeness (QED) is 0.0627. The lowest BCUT2D eigenvalue weighted by molar-refractivity contribution is 0.669. The molecule has 10 heteroatoms. The Hall–Kier alpha value is -18.6.